The predicted octanol–water partition coefficient (Wildman–Crippen LogP) is 3.18. The Morgan fingerprint density at radius 2 is 1.85 bits per heavy atom. The molecule has 0 saturated carbocycles. The molecule has 3 fully saturated rings. The zero-order valence-electron chi connectivity index (χ0n) is 19.4. The minimum atomic E-state index is -1.15. The van der Waals surface area contributed by atoms with Crippen LogP contribution in [0.2, 0.25) is 0 Å². The van der Waals surface area contributed by atoms with Crippen LogP contribution in [0, 0.1) is 17.7 Å². The molecule has 0 spiro atoms. The first-order chi connectivity index (χ1) is 16.4. The first kappa shape index (κ1) is 22.5. The van der Waals surface area contributed by atoms with Gasteiger partial charge in [-0.2, -0.15) is 0 Å². The zero-order chi connectivity index (χ0) is 24.2. The normalized spacial score (nSPS) is 28.2. The second-order valence-electron chi connectivity index (χ2n) is 9.05. The van der Waals surface area contributed by atoms with Crippen molar-refractivity contribution in [2.24, 2.45) is 11.8 Å². The van der Waals surface area contributed by atoms with Gasteiger partial charge in [-0.3, -0.25) is 24.2 Å². The van der Waals surface area contributed by atoms with Gasteiger partial charge in [0.05, 0.1) is 26.1 Å². The maximum Gasteiger partial charge on any atom is 0.327 e. The molecule has 34 heavy (non-hydrogen) atoms. The topological polar surface area (TPSA) is 76.2 Å². The molecule has 2 aromatic carbocycles. The van der Waals surface area contributed by atoms with Gasteiger partial charge in [-0.15, -0.1) is 0 Å². The lowest BCUT2D eigenvalue weighted by Crippen LogP contribution is -2.54. The third-order valence-corrected chi connectivity index (χ3v) is 7.68. The summed E-state index contributed by atoms with van der Waals surface area (Å²) >= 11 is 0. The van der Waals surface area contributed by atoms with Gasteiger partial charge in [-0.1, -0.05) is 24.3 Å². The molecule has 5 rings (SSSR count). The molecule has 8 heteroatoms. The molecule has 4 atom stereocenters. The number of carbonyl (C=O) groups excluding carboxylic acids is 3. The Hall–Kier alpha value is -3.26. The second kappa shape index (κ2) is 8.20. The van der Waals surface area contributed by atoms with Crippen LogP contribution in [0.3, 0.4) is 0 Å². The van der Waals surface area contributed by atoms with Crippen LogP contribution in [0.15, 0.2) is 42.5 Å². The van der Waals surface area contributed by atoms with Gasteiger partial charge in [-0.05, 0) is 55.6 Å². The number of ether oxygens (including phenoxy) is 2. The lowest BCUT2D eigenvalue weighted by atomic mass is 9.77. The first-order valence-electron chi connectivity index (χ1n) is 11.5. The van der Waals surface area contributed by atoms with E-state index >= 15 is 0 Å². The Bertz CT molecular complexity index is 1170. The van der Waals surface area contributed by atoms with Gasteiger partial charge in [-0.25, -0.2) is 4.39 Å². The molecule has 0 aromatic heterocycles. The molecular weight excluding hydrogens is 439 g/mol. The Morgan fingerprint density at radius 1 is 1.12 bits per heavy atom. The number of methoxy groups -OCH3 is 2. The van der Waals surface area contributed by atoms with E-state index in [1.807, 2.05) is 23.1 Å². The molecule has 2 aromatic rings. The summed E-state index contributed by atoms with van der Waals surface area (Å²) in [5.41, 5.74) is 1.22. The van der Waals surface area contributed by atoms with Crippen LogP contribution < -0.4 is 4.74 Å². The third kappa shape index (κ3) is 2.94. The predicted molar refractivity (Wildman–Crippen MR) is 121 cm³/mol. The second-order valence-corrected chi connectivity index (χ2v) is 9.05. The van der Waals surface area contributed by atoms with Gasteiger partial charge in [0.2, 0.25) is 11.8 Å². The first-order valence-corrected chi connectivity index (χ1v) is 11.5. The van der Waals surface area contributed by atoms with Gasteiger partial charge < -0.3 is 9.47 Å². The van der Waals surface area contributed by atoms with Crippen molar-refractivity contribution in [1.29, 1.82) is 0 Å². The van der Waals surface area contributed by atoms with E-state index in [0.29, 0.717) is 18.7 Å². The number of imide groups is 1. The average Bonchev–Trinajstić information content (AvgIpc) is 3.47. The molecule has 178 valence electrons. The lowest BCUT2D eigenvalue weighted by Gasteiger charge is -2.36. The molecule has 3 unspecified atom stereocenters. The zero-order valence-corrected chi connectivity index (χ0v) is 19.4. The van der Waals surface area contributed by atoms with E-state index in [1.165, 1.54) is 24.1 Å². The van der Waals surface area contributed by atoms with Gasteiger partial charge in [0.15, 0.2) is 0 Å². The summed E-state index contributed by atoms with van der Waals surface area (Å²) in [6.07, 6.45) is 1.20. The molecule has 3 aliphatic heterocycles. The van der Waals surface area contributed by atoms with E-state index in [2.05, 4.69) is 0 Å². The van der Waals surface area contributed by atoms with E-state index in [4.69, 9.17) is 9.47 Å². The fourth-order valence-electron chi connectivity index (χ4n) is 6.33. The summed E-state index contributed by atoms with van der Waals surface area (Å²) in [7, 11) is 2.89. The average molecular weight is 467 g/mol. The number of halogens is 1. The third-order valence-electron chi connectivity index (χ3n) is 7.68. The number of esters is 1. The van der Waals surface area contributed by atoms with Crippen LogP contribution >= 0.6 is 0 Å². The maximum absolute atomic E-state index is 13.4. The van der Waals surface area contributed by atoms with Crippen molar-refractivity contribution in [2.45, 2.75) is 31.3 Å². The number of carbonyl (C=O) groups is 3. The fourth-order valence-corrected chi connectivity index (χ4v) is 6.33. The Balaban J connectivity index is 1.64. The molecule has 3 heterocycles. The minimum Gasteiger partial charge on any atom is -0.496 e. The highest BCUT2D eigenvalue weighted by atomic mass is 19.1. The molecule has 2 amide bonds. The van der Waals surface area contributed by atoms with Crippen LogP contribution in [-0.4, -0.2) is 60.4 Å². The van der Waals surface area contributed by atoms with Crippen LogP contribution in [0.1, 0.15) is 31.4 Å². The molecule has 7 nitrogen and oxygen atoms in total. The van der Waals surface area contributed by atoms with Crippen LogP contribution in [0.25, 0.3) is 11.1 Å². The monoisotopic (exact) mass is 466 g/mol. The van der Waals surface area contributed by atoms with E-state index in [1.54, 1.807) is 26.2 Å². The molecule has 3 saturated heterocycles. The smallest absolute Gasteiger partial charge is 0.327 e. The molecule has 0 bridgehead atoms. The highest BCUT2D eigenvalue weighted by Gasteiger charge is 2.73. The molecule has 0 radical (unpaired) electrons. The van der Waals surface area contributed by atoms with Crippen molar-refractivity contribution in [3.63, 3.8) is 0 Å². The van der Waals surface area contributed by atoms with Crippen molar-refractivity contribution >= 4 is 17.8 Å². The highest BCUT2D eigenvalue weighted by molar-refractivity contribution is 6.09. The fraction of sp³-hybridized carbons (Fsp3) is 0.423. The number of nitrogens with zero attached hydrogens (tertiary/aromatic N) is 2. The lowest BCUT2D eigenvalue weighted by molar-refractivity contribution is -0.159. The summed E-state index contributed by atoms with van der Waals surface area (Å²) < 4.78 is 24.3. The number of likely N-dealkylation sites (tertiary alicyclic amines) is 1. The van der Waals surface area contributed by atoms with E-state index in [-0.39, 0.29) is 24.2 Å². The largest absolute Gasteiger partial charge is 0.496 e. The van der Waals surface area contributed by atoms with Gasteiger partial charge >= 0.3 is 5.97 Å². The number of rotatable bonds is 5. The Kier molecular flexibility index (Phi) is 5.43. The highest BCUT2D eigenvalue weighted by Crippen LogP contribution is 2.59. The summed E-state index contributed by atoms with van der Waals surface area (Å²) in [6, 6.07) is 11.3. The van der Waals surface area contributed by atoms with Crippen molar-refractivity contribution in [1.82, 2.24) is 9.80 Å². The van der Waals surface area contributed by atoms with Gasteiger partial charge in [0, 0.05) is 18.2 Å². The summed E-state index contributed by atoms with van der Waals surface area (Å²) in [6.45, 7) is 2.62. The van der Waals surface area contributed by atoms with Gasteiger partial charge in [0.25, 0.3) is 0 Å². The standard InChI is InChI=1S/C26H27FN2O5/c1-4-28-23(30)20-21(24(28)31)26(25(32)34-3)12-5-13-29(26)22(20)16-8-11-18(19(14-16)33-2)15-6-9-17(27)10-7-15/h6-11,14,20-22H,4-5,12-13H2,1-3H3/t20?,21?,22?,26-/m0/s1. The van der Waals surface area contributed by atoms with Crippen LogP contribution in [0.5, 0.6) is 5.75 Å². The van der Waals surface area contributed by atoms with Gasteiger partial charge in [0.1, 0.15) is 17.1 Å². The number of amides is 2. The number of hydrogen-bond acceptors (Lipinski definition) is 6. The van der Waals surface area contributed by atoms with Crippen LogP contribution in [-0.2, 0) is 19.1 Å². The van der Waals surface area contributed by atoms with Crippen molar-refractivity contribution in [3.05, 3.63) is 53.8 Å². The summed E-state index contributed by atoms with van der Waals surface area (Å²) in [5.74, 6) is -2.21. The van der Waals surface area contributed by atoms with E-state index < -0.39 is 29.4 Å². The van der Waals surface area contributed by atoms with Crippen LogP contribution in [0.4, 0.5) is 4.39 Å². The minimum absolute atomic E-state index is 0.248. The quantitative estimate of drug-likeness (QED) is 0.498. The maximum atomic E-state index is 13.4. The number of benzene rings is 2. The molecule has 3 aliphatic rings. The Morgan fingerprint density at radius 3 is 2.50 bits per heavy atom. The van der Waals surface area contributed by atoms with E-state index in [9.17, 15) is 18.8 Å². The van der Waals surface area contributed by atoms with E-state index in [0.717, 1.165) is 23.1 Å². The SMILES string of the molecule is CCN1C(=O)C2C(c3ccc(-c4ccc(F)cc4)c(OC)c3)N3CCC[C@@]3(C(=O)OC)C2C1=O. The Labute approximate surface area is 197 Å². The molecule has 0 aliphatic carbocycles. The molecule has 0 N–H and O–H groups in total. The summed E-state index contributed by atoms with van der Waals surface area (Å²) in [4.78, 5) is 43.3. The van der Waals surface area contributed by atoms with Crippen molar-refractivity contribution in [2.75, 3.05) is 27.3 Å². The van der Waals surface area contributed by atoms with Crippen molar-refractivity contribution < 1.29 is 28.2 Å². The number of hydrogen-bond donors (Lipinski definition) is 0. The number of fused-ring (bicyclic) bond motifs is 3. The molecular formula is C26H27FN2O5. The summed E-state index contributed by atoms with van der Waals surface area (Å²) in [5, 5.41) is 0. The van der Waals surface area contributed by atoms with Crippen molar-refractivity contribution in [3.8, 4) is 16.9 Å².